The van der Waals surface area contributed by atoms with Gasteiger partial charge in [0.05, 0.1) is 11.4 Å². The van der Waals surface area contributed by atoms with E-state index in [0.29, 0.717) is 18.1 Å². The Morgan fingerprint density at radius 3 is 2.62 bits per heavy atom. The Hall–Kier alpha value is -2.80. The molecule has 0 aliphatic rings. The second-order valence-corrected chi connectivity index (χ2v) is 6.51. The van der Waals surface area contributed by atoms with E-state index in [1.54, 1.807) is 4.68 Å². The molecule has 3 N–H and O–H groups in total. The standard InChI is InChI=1S/C18H21ClN6O/c1-12-16(11-21-18-8-10-24(23-18)9-7-17(20)26)13(2)25(22-12)15-5-3-14(19)4-6-15/h3-6,8,10H,7,9,11H2,1-2H3,(H2,20,26)(H,21,23). The Bertz CT molecular complexity index is 912. The highest BCUT2D eigenvalue weighted by Gasteiger charge is 2.13. The Kier molecular flexibility index (Phi) is 5.27. The summed E-state index contributed by atoms with van der Waals surface area (Å²) in [5, 5.41) is 13.0. The highest BCUT2D eigenvalue weighted by atomic mass is 35.5. The Balaban J connectivity index is 1.71. The molecule has 0 unspecified atom stereocenters. The van der Waals surface area contributed by atoms with Crippen LogP contribution in [0.1, 0.15) is 23.4 Å². The summed E-state index contributed by atoms with van der Waals surface area (Å²) in [7, 11) is 0. The average molecular weight is 373 g/mol. The van der Waals surface area contributed by atoms with Gasteiger partial charge in [-0.1, -0.05) is 11.6 Å². The number of carbonyl (C=O) groups is 1. The van der Waals surface area contributed by atoms with Gasteiger partial charge in [0.2, 0.25) is 5.91 Å². The summed E-state index contributed by atoms with van der Waals surface area (Å²) in [5.41, 5.74) is 9.27. The molecule has 1 aromatic carbocycles. The molecule has 2 aromatic heterocycles. The summed E-state index contributed by atoms with van der Waals surface area (Å²) in [4.78, 5) is 10.9. The van der Waals surface area contributed by atoms with Gasteiger partial charge in [-0.2, -0.15) is 10.2 Å². The van der Waals surface area contributed by atoms with Gasteiger partial charge in [-0.05, 0) is 38.1 Å². The van der Waals surface area contributed by atoms with Crippen molar-refractivity contribution in [2.45, 2.75) is 33.4 Å². The lowest BCUT2D eigenvalue weighted by atomic mass is 10.2. The maximum Gasteiger partial charge on any atom is 0.219 e. The quantitative estimate of drug-likeness (QED) is 0.667. The summed E-state index contributed by atoms with van der Waals surface area (Å²) in [6, 6.07) is 9.46. The minimum Gasteiger partial charge on any atom is -0.370 e. The minimum atomic E-state index is -0.337. The van der Waals surface area contributed by atoms with Crippen LogP contribution in [-0.4, -0.2) is 25.5 Å². The molecule has 0 saturated carbocycles. The van der Waals surface area contributed by atoms with Crippen molar-refractivity contribution in [2.75, 3.05) is 5.32 Å². The molecule has 7 nitrogen and oxygen atoms in total. The number of primary amides is 1. The molecule has 0 aliphatic heterocycles. The smallest absolute Gasteiger partial charge is 0.219 e. The monoisotopic (exact) mass is 372 g/mol. The van der Waals surface area contributed by atoms with E-state index in [-0.39, 0.29) is 12.3 Å². The lowest BCUT2D eigenvalue weighted by Gasteiger charge is -2.06. The van der Waals surface area contributed by atoms with Crippen molar-refractivity contribution in [1.29, 1.82) is 0 Å². The Labute approximate surface area is 156 Å². The second-order valence-electron chi connectivity index (χ2n) is 6.07. The Morgan fingerprint density at radius 2 is 1.92 bits per heavy atom. The fraction of sp³-hybridized carbons (Fsp3) is 0.278. The van der Waals surface area contributed by atoms with Crippen molar-refractivity contribution >= 4 is 23.3 Å². The number of aryl methyl sites for hydroxylation is 2. The predicted molar refractivity (Wildman–Crippen MR) is 101 cm³/mol. The second kappa shape index (κ2) is 7.61. The van der Waals surface area contributed by atoms with E-state index in [4.69, 9.17) is 17.3 Å². The zero-order valence-corrected chi connectivity index (χ0v) is 15.5. The lowest BCUT2D eigenvalue weighted by Crippen LogP contribution is -2.14. The van der Waals surface area contributed by atoms with Gasteiger partial charge in [0.1, 0.15) is 5.82 Å². The normalized spacial score (nSPS) is 10.9. The molecule has 0 radical (unpaired) electrons. The lowest BCUT2D eigenvalue weighted by molar-refractivity contribution is -0.118. The number of nitrogens with one attached hydrogen (secondary N) is 1. The molecular formula is C18H21ClN6O. The maximum atomic E-state index is 10.9. The topological polar surface area (TPSA) is 90.8 Å². The molecular weight excluding hydrogens is 352 g/mol. The van der Waals surface area contributed by atoms with Gasteiger partial charge in [0.15, 0.2) is 0 Å². The summed E-state index contributed by atoms with van der Waals surface area (Å²) in [6.45, 7) is 5.11. The van der Waals surface area contributed by atoms with Crippen molar-refractivity contribution < 1.29 is 4.79 Å². The first-order chi connectivity index (χ1) is 12.4. The molecule has 0 saturated heterocycles. The van der Waals surface area contributed by atoms with Crippen LogP contribution in [0.4, 0.5) is 5.82 Å². The van der Waals surface area contributed by atoms with Crippen LogP contribution in [-0.2, 0) is 17.9 Å². The van der Waals surface area contributed by atoms with E-state index in [2.05, 4.69) is 15.5 Å². The van der Waals surface area contributed by atoms with Crippen LogP contribution in [0.25, 0.3) is 5.69 Å². The fourth-order valence-electron chi connectivity index (χ4n) is 2.75. The van der Waals surface area contributed by atoms with E-state index in [0.717, 1.165) is 28.5 Å². The van der Waals surface area contributed by atoms with Crippen molar-refractivity contribution in [1.82, 2.24) is 19.6 Å². The number of nitrogens with two attached hydrogens (primary N) is 1. The van der Waals surface area contributed by atoms with Crippen molar-refractivity contribution in [2.24, 2.45) is 5.73 Å². The van der Waals surface area contributed by atoms with Crippen LogP contribution < -0.4 is 11.1 Å². The average Bonchev–Trinajstić information content (AvgIpc) is 3.17. The summed E-state index contributed by atoms with van der Waals surface area (Å²) in [5.74, 6) is 0.406. The maximum absolute atomic E-state index is 10.9. The zero-order chi connectivity index (χ0) is 18.7. The van der Waals surface area contributed by atoms with Crippen LogP contribution in [0, 0.1) is 13.8 Å². The van der Waals surface area contributed by atoms with E-state index < -0.39 is 0 Å². The molecule has 0 aliphatic carbocycles. The minimum absolute atomic E-state index is 0.271. The largest absolute Gasteiger partial charge is 0.370 e. The van der Waals surface area contributed by atoms with Gasteiger partial charge in [-0.25, -0.2) is 4.68 Å². The summed E-state index contributed by atoms with van der Waals surface area (Å²) in [6.07, 6.45) is 2.09. The van der Waals surface area contributed by atoms with Gasteiger partial charge < -0.3 is 11.1 Å². The van der Waals surface area contributed by atoms with E-state index in [1.807, 2.05) is 55.1 Å². The van der Waals surface area contributed by atoms with E-state index >= 15 is 0 Å². The number of nitrogens with zero attached hydrogens (tertiary/aromatic N) is 4. The highest BCUT2D eigenvalue weighted by Crippen LogP contribution is 2.20. The highest BCUT2D eigenvalue weighted by molar-refractivity contribution is 6.30. The Morgan fingerprint density at radius 1 is 1.19 bits per heavy atom. The van der Waals surface area contributed by atoms with Crippen molar-refractivity contribution in [3.63, 3.8) is 0 Å². The van der Waals surface area contributed by atoms with Crippen LogP contribution in [0.2, 0.25) is 5.02 Å². The first-order valence-electron chi connectivity index (χ1n) is 8.30. The number of amides is 1. The molecule has 0 bridgehead atoms. The predicted octanol–water partition coefficient (Wildman–Crippen LogP) is 2.83. The summed E-state index contributed by atoms with van der Waals surface area (Å²) >= 11 is 5.96. The molecule has 26 heavy (non-hydrogen) atoms. The van der Waals surface area contributed by atoms with Crippen LogP contribution in [0.5, 0.6) is 0 Å². The first-order valence-corrected chi connectivity index (χ1v) is 8.68. The third-order valence-electron chi connectivity index (χ3n) is 4.19. The molecule has 1 amide bonds. The molecule has 8 heteroatoms. The zero-order valence-electron chi connectivity index (χ0n) is 14.7. The number of hydrogen-bond acceptors (Lipinski definition) is 4. The molecule has 136 valence electrons. The molecule has 2 heterocycles. The third-order valence-corrected chi connectivity index (χ3v) is 4.44. The number of hydrogen-bond donors (Lipinski definition) is 2. The van der Waals surface area contributed by atoms with Crippen LogP contribution in [0.3, 0.4) is 0 Å². The first kappa shape index (κ1) is 18.0. The molecule has 3 aromatic rings. The van der Waals surface area contributed by atoms with Gasteiger partial charge in [-0.3, -0.25) is 9.48 Å². The summed E-state index contributed by atoms with van der Waals surface area (Å²) < 4.78 is 3.61. The molecule has 3 rings (SSSR count). The van der Waals surface area contributed by atoms with Gasteiger partial charge >= 0.3 is 0 Å². The number of benzene rings is 1. The number of halogens is 1. The van der Waals surface area contributed by atoms with E-state index in [1.165, 1.54) is 0 Å². The molecule has 0 atom stereocenters. The van der Waals surface area contributed by atoms with Gasteiger partial charge in [0.25, 0.3) is 0 Å². The SMILES string of the molecule is Cc1nn(-c2ccc(Cl)cc2)c(C)c1CNc1ccn(CCC(N)=O)n1. The fourth-order valence-corrected chi connectivity index (χ4v) is 2.87. The van der Waals surface area contributed by atoms with Crippen molar-refractivity contribution in [3.05, 3.63) is 58.5 Å². The van der Waals surface area contributed by atoms with Gasteiger partial charge in [-0.15, -0.1) is 0 Å². The van der Waals surface area contributed by atoms with Crippen LogP contribution in [0.15, 0.2) is 36.5 Å². The van der Waals surface area contributed by atoms with Gasteiger partial charge in [0, 0.05) is 48.1 Å². The van der Waals surface area contributed by atoms with E-state index in [9.17, 15) is 4.79 Å². The molecule has 0 fully saturated rings. The molecule has 0 spiro atoms. The number of aromatic nitrogens is 4. The van der Waals surface area contributed by atoms with Crippen molar-refractivity contribution in [3.8, 4) is 5.69 Å². The number of anilines is 1. The van der Waals surface area contributed by atoms with Crippen LogP contribution >= 0.6 is 11.6 Å². The number of carbonyl (C=O) groups excluding carboxylic acids is 1. The number of rotatable bonds is 7. The third kappa shape index (κ3) is 4.05.